The molecule has 0 aliphatic carbocycles. The SMILES string of the molecule is O=[N+]([O-])c1ccc(N=NC2=C(O)c3ccccc3S2(=O)=O)c(O)c1.O=[N+]([O-])c1ccc(N=NC2=C(O)c3ccccc3S2(=O)=O)c(O)c1.[Co]. The topological polar surface area (TPSA) is 285 Å². The predicted octanol–water partition coefficient (Wildman–Crippen LogP) is 6.11. The molecule has 2 aliphatic rings. The maximum atomic E-state index is 12.3. The third kappa shape index (κ3) is 6.71. The molecule has 21 heteroatoms. The molecule has 0 unspecified atom stereocenters. The van der Waals surface area contributed by atoms with E-state index in [1.807, 2.05) is 0 Å². The number of aliphatic hydroxyl groups is 2. The molecule has 0 saturated carbocycles. The van der Waals surface area contributed by atoms with E-state index < -0.39 is 62.6 Å². The molecule has 0 atom stereocenters. The summed E-state index contributed by atoms with van der Waals surface area (Å²) in [5.74, 6) is -2.17. The van der Waals surface area contributed by atoms with E-state index in [4.69, 9.17) is 0 Å². The first-order chi connectivity index (χ1) is 22.6. The Morgan fingerprint density at radius 3 is 1.18 bits per heavy atom. The number of benzene rings is 4. The van der Waals surface area contributed by atoms with Gasteiger partial charge in [-0.25, -0.2) is 16.8 Å². The third-order valence-electron chi connectivity index (χ3n) is 6.61. The number of sulfone groups is 2. The minimum absolute atomic E-state index is 0. The van der Waals surface area contributed by atoms with Crippen LogP contribution in [0, 0.1) is 20.2 Å². The van der Waals surface area contributed by atoms with Crippen LogP contribution in [0.5, 0.6) is 11.5 Å². The minimum atomic E-state index is -4.02. The summed E-state index contributed by atoms with van der Waals surface area (Å²) in [6.07, 6.45) is 0. The first kappa shape index (κ1) is 35.8. The molecule has 2 heterocycles. The average Bonchev–Trinajstić information content (AvgIpc) is 3.37. The Balaban J connectivity index is 0.000000216. The van der Waals surface area contributed by atoms with Gasteiger partial charge in [0, 0.05) is 40.0 Å². The van der Waals surface area contributed by atoms with Gasteiger partial charge >= 0.3 is 0 Å². The Morgan fingerprint density at radius 2 is 0.878 bits per heavy atom. The number of nitro groups is 2. The second-order valence-electron chi connectivity index (χ2n) is 9.57. The van der Waals surface area contributed by atoms with E-state index in [1.165, 1.54) is 36.4 Å². The van der Waals surface area contributed by atoms with Crippen molar-refractivity contribution in [2.45, 2.75) is 9.79 Å². The minimum Gasteiger partial charge on any atom is -0.505 e. The van der Waals surface area contributed by atoms with Crippen molar-refractivity contribution in [3.8, 4) is 11.5 Å². The molecule has 0 fully saturated rings. The summed E-state index contributed by atoms with van der Waals surface area (Å²) < 4.78 is 49.3. The van der Waals surface area contributed by atoms with Crippen molar-refractivity contribution >= 4 is 53.9 Å². The van der Waals surface area contributed by atoms with Crippen LogP contribution in [0.15, 0.2) is 125 Å². The smallest absolute Gasteiger partial charge is 0.273 e. The van der Waals surface area contributed by atoms with Gasteiger partial charge in [0.1, 0.15) is 22.9 Å². The number of hydrogen-bond donors (Lipinski definition) is 4. The first-order valence-electron chi connectivity index (χ1n) is 13.0. The van der Waals surface area contributed by atoms with Gasteiger partial charge in [-0.1, -0.05) is 24.3 Å². The van der Waals surface area contributed by atoms with Crippen LogP contribution in [0.4, 0.5) is 22.7 Å². The van der Waals surface area contributed by atoms with Crippen LogP contribution in [0.25, 0.3) is 11.5 Å². The fourth-order valence-electron chi connectivity index (χ4n) is 4.31. The van der Waals surface area contributed by atoms with Gasteiger partial charge in [0.05, 0.1) is 31.8 Å². The zero-order valence-electron chi connectivity index (χ0n) is 24.0. The Hall–Kier alpha value is -6.03. The van der Waals surface area contributed by atoms with E-state index in [0.29, 0.717) is 0 Å². The van der Waals surface area contributed by atoms with E-state index in [0.717, 1.165) is 36.4 Å². The summed E-state index contributed by atoms with van der Waals surface area (Å²) in [5, 5.41) is 73.5. The molecule has 0 saturated heterocycles. The van der Waals surface area contributed by atoms with Crippen LogP contribution < -0.4 is 0 Å². The summed E-state index contributed by atoms with van der Waals surface area (Å²) >= 11 is 0. The maximum absolute atomic E-state index is 12.3. The number of hydrogen-bond acceptors (Lipinski definition) is 16. The first-order valence-corrected chi connectivity index (χ1v) is 15.9. The van der Waals surface area contributed by atoms with Gasteiger partial charge in [-0.2, -0.15) is 0 Å². The summed E-state index contributed by atoms with van der Waals surface area (Å²) in [4.78, 5) is 19.6. The number of nitro benzene ring substituents is 2. The molecule has 0 spiro atoms. The Morgan fingerprint density at radius 1 is 0.531 bits per heavy atom. The molecule has 0 amide bonds. The number of nitrogens with zero attached hydrogens (tertiary/aromatic N) is 6. The van der Waals surface area contributed by atoms with Gasteiger partial charge in [0.25, 0.3) is 11.4 Å². The molecule has 0 aromatic heterocycles. The normalized spacial score (nSPS) is 15.3. The zero-order valence-corrected chi connectivity index (χ0v) is 26.6. The summed E-state index contributed by atoms with van der Waals surface area (Å²) in [7, 11) is -8.04. The Kier molecular flexibility index (Phi) is 9.94. The molecule has 6 rings (SSSR count). The van der Waals surface area contributed by atoms with Crippen molar-refractivity contribution < 1.29 is 63.9 Å². The number of aliphatic hydroxyl groups excluding tert-OH is 2. The van der Waals surface area contributed by atoms with Crippen molar-refractivity contribution in [1.82, 2.24) is 0 Å². The molecule has 0 bridgehead atoms. The van der Waals surface area contributed by atoms with Crippen LogP contribution in [0.2, 0.25) is 0 Å². The molecule has 253 valence electrons. The molecule has 49 heavy (non-hydrogen) atoms. The van der Waals surface area contributed by atoms with Crippen molar-refractivity contribution in [1.29, 1.82) is 0 Å². The van der Waals surface area contributed by atoms with Gasteiger partial charge < -0.3 is 20.4 Å². The molecular weight excluding hydrogens is 735 g/mol. The fraction of sp³-hybridized carbons (Fsp3) is 0. The van der Waals surface area contributed by atoms with Crippen LogP contribution in [-0.4, -0.2) is 47.1 Å². The summed E-state index contributed by atoms with van der Waals surface area (Å²) in [5.41, 5.74) is -0.832. The van der Waals surface area contributed by atoms with Crippen molar-refractivity contribution in [2.75, 3.05) is 0 Å². The largest absolute Gasteiger partial charge is 0.505 e. The number of fused-ring (bicyclic) bond motifs is 2. The number of phenolic OH excluding ortho intramolecular Hbond substituents is 2. The number of aromatic hydroxyl groups is 2. The summed E-state index contributed by atoms with van der Waals surface area (Å²) in [6, 6.07) is 17.8. The number of azo groups is 2. The van der Waals surface area contributed by atoms with Gasteiger partial charge in [-0.3, -0.25) is 20.2 Å². The van der Waals surface area contributed by atoms with Gasteiger partial charge in [0.2, 0.25) is 29.7 Å². The summed E-state index contributed by atoms with van der Waals surface area (Å²) in [6.45, 7) is 0. The fourth-order valence-corrected chi connectivity index (χ4v) is 7.17. The Bertz CT molecular complexity index is 2230. The zero-order chi connectivity index (χ0) is 35.0. The average molecular weight is 754 g/mol. The van der Waals surface area contributed by atoms with E-state index in [-0.39, 0.29) is 60.4 Å². The third-order valence-corrected chi connectivity index (χ3v) is 10.1. The molecule has 1 radical (unpaired) electrons. The Labute approximate surface area is 285 Å². The molecule has 4 N–H and O–H groups in total. The predicted molar refractivity (Wildman–Crippen MR) is 165 cm³/mol. The molecule has 4 aromatic carbocycles. The van der Waals surface area contributed by atoms with Crippen molar-refractivity contribution in [2.24, 2.45) is 20.5 Å². The van der Waals surface area contributed by atoms with E-state index >= 15 is 0 Å². The van der Waals surface area contributed by atoms with E-state index in [1.54, 1.807) is 12.1 Å². The van der Waals surface area contributed by atoms with Crippen molar-refractivity contribution in [3.63, 3.8) is 0 Å². The van der Waals surface area contributed by atoms with Gasteiger partial charge in [-0.05, 0) is 36.4 Å². The monoisotopic (exact) mass is 753 g/mol. The quantitative estimate of drug-likeness (QED) is 0.0985. The number of phenols is 2. The molecular formula is C28H18CoN6O12S2. The number of rotatable bonds is 6. The number of non-ortho nitro benzene ring substituents is 2. The second kappa shape index (κ2) is 13.6. The van der Waals surface area contributed by atoms with Crippen molar-refractivity contribution in [3.05, 3.63) is 126 Å². The van der Waals surface area contributed by atoms with Crippen LogP contribution in [0.1, 0.15) is 11.1 Å². The van der Waals surface area contributed by atoms with Gasteiger partial charge in [-0.15, -0.1) is 20.5 Å². The molecule has 18 nitrogen and oxygen atoms in total. The van der Waals surface area contributed by atoms with Crippen LogP contribution in [0.3, 0.4) is 0 Å². The van der Waals surface area contributed by atoms with E-state index in [2.05, 4.69) is 20.5 Å². The molecule has 4 aromatic rings. The standard InChI is InChI=1S/2C14H9N3O6S.Co/c2*18-11-7-8(17(20)21)5-6-10(11)15-16-14-13(19)9-3-1-2-4-12(9)24(14,22)23;/h2*1-7,18-19H;. The van der Waals surface area contributed by atoms with Crippen LogP contribution >= 0.6 is 0 Å². The second-order valence-corrected chi connectivity index (χ2v) is 13.2. The maximum Gasteiger partial charge on any atom is 0.273 e. The van der Waals surface area contributed by atoms with E-state index in [9.17, 15) is 57.5 Å². The van der Waals surface area contributed by atoms with Gasteiger partial charge in [0.15, 0.2) is 11.5 Å². The van der Waals surface area contributed by atoms with Crippen LogP contribution in [-0.2, 0) is 36.5 Å². The molecule has 2 aliphatic heterocycles.